The number of likely N-dealkylation sites (tertiary alicyclic amines) is 1. The number of ether oxygens (including phenoxy) is 1. The number of fused-ring (bicyclic) bond motifs is 1. The minimum absolute atomic E-state index is 0.0187. The van der Waals surface area contributed by atoms with Crippen LogP contribution in [-0.4, -0.2) is 48.6 Å². The van der Waals surface area contributed by atoms with Crippen molar-refractivity contribution in [1.29, 1.82) is 0 Å². The fourth-order valence-corrected chi connectivity index (χ4v) is 2.15. The molecule has 2 atom stereocenters. The molecule has 0 aromatic heterocycles. The summed E-state index contributed by atoms with van der Waals surface area (Å²) in [6.45, 7) is 4.60. The Bertz CT molecular complexity index is 303. The maximum Gasteiger partial charge on any atom is 0.410 e. The van der Waals surface area contributed by atoms with E-state index in [0.717, 1.165) is 13.0 Å². The second-order valence-electron chi connectivity index (χ2n) is 3.75. The summed E-state index contributed by atoms with van der Waals surface area (Å²) < 4.78 is 4.92. The standard InChI is InChI=1S/C10H14N2O3/c1-2-5-15-10(14)12-6-8(13)9-7(12)3-4-11-9/h2,7,9,11H,1,3-6H2. The summed E-state index contributed by atoms with van der Waals surface area (Å²) in [7, 11) is 0. The van der Waals surface area contributed by atoms with E-state index >= 15 is 0 Å². The van der Waals surface area contributed by atoms with Crippen LogP contribution >= 0.6 is 0 Å². The van der Waals surface area contributed by atoms with Gasteiger partial charge in [0.15, 0.2) is 5.78 Å². The SMILES string of the molecule is C=CCOC(=O)N1CC(=O)C2NCCC21. The molecule has 2 unspecified atom stereocenters. The van der Waals surface area contributed by atoms with Crippen molar-refractivity contribution in [3.05, 3.63) is 12.7 Å². The molecule has 0 radical (unpaired) electrons. The van der Waals surface area contributed by atoms with E-state index in [2.05, 4.69) is 11.9 Å². The number of Topliss-reactive ketones (excluding diaryl/α,β-unsaturated/α-hetero) is 1. The Hall–Kier alpha value is -1.36. The smallest absolute Gasteiger partial charge is 0.410 e. The summed E-state index contributed by atoms with van der Waals surface area (Å²) in [6, 6.07) is -0.198. The van der Waals surface area contributed by atoms with Gasteiger partial charge in [0.1, 0.15) is 6.61 Å². The Morgan fingerprint density at radius 2 is 2.53 bits per heavy atom. The van der Waals surface area contributed by atoms with Gasteiger partial charge in [-0.3, -0.25) is 9.69 Å². The van der Waals surface area contributed by atoms with Gasteiger partial charge in [0.05, 0.1) is 18.6 Å². The molecule has 1 N–H and O–H groups in total. The van der Waals surface area contributed by atoms with Crippen molar-refractivity contribution < 1.29 is 14.3 Å². The Morgan fingerprint density at radius 1 is 1.73 bits per heavy atom. The summed E-state index contributed by atoms with van der Waals surface area (Å²) >= 11 is 0. The molecule has 2 saturated heterocycles. The zero-order chi connectivity index (χ0) is 10.8. The largest absolute Gasteiger partial charge is 0.445 e. The van der Waals surface area contributed by atoms with Crippen LogP contribution in [0.4, 0.5) is 4.79 Å². The number of amides is 1. The van der Waals surface area contributed by atoms with E-state index in [1.165, 1.54) is 11.0 Å². The van der Waals surface area contributed by atoms with Crippen LogP contribution in [0.2, 0.25) is 0 Å². The van der Waals surface area contributed by atoms with E-state index in [-0.39, 0.29) is 31.0 Å². The highest BCUT2D eigenvalue weighted by molar-refractivity contribution is 5.93. The van der Waals surface area contributed by atoms with Crippen molar-refractivity contribution in [3.8, 4) is 0 Å². The molecular formula is C10H14N2O3. The normalized spacial score (nSPS) is 29.1. The number of nitrogens with one attached hydrogen (secondary N) is 1. The van der Waals surface area contributed by atoms with Gasteiger partial charge >= 0.3 is 6.09 Å². The van der Waals surface area contributed by atoms with Crippen molar-refractivity contribution in [2.24, 2.45) is 0 Å². The van der Waals surface area contributed by atoms with E-state index in [4.69, 9.17) is 4.74 Å². The molecule has 0 aromatic carbocycles. The number of carbonyl (C=O) groups excluding carboxylic acids is 2. The van der Waals surface area contributed by atoms with Crippen LogP contribution in [0.5, 0.6) is 0 Å². The molecule has 5 nitrogen and oxygen atoms in total. The van der Waals surface area contributed by atoms with Gasteiger partial charge in [0, 0.05) is 0 Å². The first-order valence-electron chi connectivity index (χ1n) is 5.04. The monoisotopic (exact) mass is 210 g/mol. The third-order valence-electron chi connectivity index (χ3n) is 2.82. The van der Waals surface area contributed by atoms with Crippen molar-refractivity contribution in [1.82, 2.24) is 10.2 Å². The van der Waals surface area contributed by atoms with E-state index in [0.29, 0.717) is 0 Å². The topological polar surface area (TPSA) is 58.6 Å². The van der Waals surface area contributed by atoms with Crippen LogP contribution in [0, 0.1) is 0 Å². The molecule has 0 aromatic rings. The first kappa shape index (κ1) is 10.2. The number of nitrogens with zero attached hydrogens (tertiary/aromatic N) is 1. The molecule has 0 bridgehead atoms. The third-order valence-corrected chi connectivity index (χ3v) is 2.82. The maximum atomic E-state index is 11.6. The molecule has 0 saturated carbocycles. The molecular weight excluding hydrogens is 196 g/mol. The first-order valence-corrected chi connectivity index (χ1v) is 5.04. The summed E-state index contributed by atoms with van der Waals surface area (Å²) in [6.07, 6.45) is 1.92. The molecule has 5 heteroatoms. The summed E-state index contributed by atoms with van der Waals surface area (Å²) in [5.74, 6) is 0.0769. The Kier molecular flexibility index (Phi) is 2.73. The average Bonchev–Trinajstić information content (AvgIpc) is 2.79. The summed E-state index contributed by atoms with van der Waals surface area (Å²) in [4.78, 5) is 24.6. The van der Waals surface area contributed by atoms with Crippen LogP contribution < -0.4 is 5.32 Å². The van der Waals surface area contributed by atoms with Gasteiger partial charge in [0.2, 0.25) is 0 Å². The minimum Gasteiger partial charge on any atom is -0.445 e. The maximum absolute atomic E-state index is 11.6. The number of ketones is 1. The van der Waals surface area contributed by atoms with Gasteiger partial charge in [-0.2, -0.15) is 0 Å². The lowest BCUT2D eigenvalue weighted by atomic mass is 10.1. The highest BCUT2D eigenvalue weighted by Gasteiger charge is 2.46. The predicted molar refractivity (Wildman–Crippen MR) is 53.5 cm³/mol. The van der Waals surface area contributed by atoms with E-state index in [1.54, 1.807) is 0 Å². The van der Waals surface area contributed by atoms with Crippen molar-refractivity contribution >= 4 is 11.9 Å². The van der Waals surface area contributed by atoms with Gasteiger partial charge in [-0.1, -0.05) is 12.7 Å². The molecule has 2 aliphatic rings. The van der Waals surface area contributed by atoms with E-state index in [1.807, 2.05) is 0 Å². The number of hydrogen-bond donors (Lipinski definition) is 1. The summed E-state index contributed by atoms with van der Waals surface area (Å²) in [5.41, 5.74) is 0. The van der Waals surface area contributed by atoms with Crippen LogP contribution in [0.3, 0.4) is 0 Å². The highest BCUT2D eigenvalue weighted by atomic mass is 16.6. The van der Waals surface area contributed by atoms with Crippen LogP contribution in [0.15, 0.2) is 12.7 Å². The van der Waals surface area contributed by atoms with Crippen molar-refractivity contribution in [2.45, 2.75) is 18.5 Å². The molecule has 15 heavy (non-hydrogen) atoms. The van der Waals surface area contributed by atoms with Gasteiger partial charge in [-0.05, 0) is 13.0 Å². The number of rotatable bonds is 2. The van der Waals surface area contributed by atoms with Crippen molar-refractivity contribution in [3.63, 3.8) is 0 Å². The Labute approximate surface area is 88.1 Å². The lowest BCUT2D eigenvalue weighted by molar-refractivity contribution is -0.118. The molecule has 2 fully saturated rings. The Balaban J connectivity index is 2.01. The second-order valence-corrected chi connectivity index (χ2v) is 3.75. The fourth-order valence-electron chi connectivity index (χ4n) is 2.15. The first-order chi connectivity index (χ1) is 7.24. The minimum atomic E-state index is -0.417. The zero-order valence-corrected chi connectivity index (χ0v) is 8.44. The van der Waals surface area contributed by atoms with Gasteiger partial charge in [-0.15, -0.1) is 0 Å². The zero-order valence-electron chi connectivity index (χ0n) is 8.44. The molecule has 82 valence electrons. The molecule has 2 rings (SSSR count). The van der Waals surface area contributed by atoms with Crippen molar-refractivity contribution in [2.75, 3.05) is 19.7 Å². The molecule has 2 aliphatic heterocycles. The van der Waals surface area contributed by atoms with Gasteiger partial charge in [-0.25, -0.2) is 4.79 Å². The van der Waals surface area contributed by atoms with E-state index < -0.39 is 6.09 Å². The lowest BCUT2D eigenvalue weighted by Gasteiger charge is -2.20. The molecule has 2 heterocycles. The Morgan fingerprint density at radius 3 is 3.27 bits per heavy atom. The molecule has 0 aliphatic carbocycles. The third kappa shape index (κ3) is 1.74. The predicted octanol–water partition coefficient (Wildman–Crippen LogP) is -0.0758. The average molecular weight is 210 g/mol. The second kappa shape index (κ2) is 4.02. The highest BCUT2D eigenvalue weighted by Crippen LogP contribution is 2.23. The molecule has 1 amide bonds. The lowest BCUT2D eigenvalue weighted by Crippen LogP contribution is -2.39. The van der Waals surface area contributed by atoms with Gasteiger partial charge < -0.3 is 10.1 Å². The fraction of sp³-hybridized carbons (Fsp3) is 0.600. The van der Waals surface area contributed by atoms with Crippen LogP contribution in [0.25, 0.3) is 0 Å². The molecule has 0 spiro atoms. The van der Waals surface area contributed by atoms with Gasteiger partial charge in [0.25, 0.3) is 0 Å². The quantitative estimate of drug-likeness (QED) is 0.648. The number of carbonyl (C=O) groups is 2. The number of hydrogen-bond acceptors (Lipinski definition) is 4. The van der Waals surface area contributed by atoms with E-state index in [9.17, 15) is 9.59 Å². The van der Waals surface area contributed by atoms with Crippen LogP contribution in [0.1, 0.15) is 6.42 Å². The summed E-state index contributed by atoms with van der Waals surface area (Å²) in [5, 5.41) is 3.09. The van der Waals surface area contributed by atoms with Crippen LogP contribution in [-0.2, 0) is 9.53 Å².